The number of hydrogen-bond donors (Lipinski definition) is 1. The van der Waals surface area contributed by atoms with Crippen molar-refractivity contribution in [3.05, 3.63) is 44.1 Å². The predicted octanol–water partition coefficient (Wildman–Crippen LogP) is 2.44. The molecule has 0 atom stereocenters. The van der Waals surface area contributed by atoms with Gasteiger partial charge in [-0.05, 0) is 32.8 Å². The summed E-state index contributed by atoms with van der Waals surface area (Å²) in [4.78, 5) is 36.7. The molecule has 4 aromatic rings. The number of aromatic amines is 1. The average molecular weight is 443 g/mol. The van der Waals surface area contributed by atoms with Gasteiger partial charge in [-0.2, -0.15) is 0 Å². The van der Waals surface area contributed by atoms with E-state index in [1.54, 1.807) is 4.57 Å². The van der Waals surface area contributed by atoms with Crippen LogP contribution in [0.15, 0.2) is 20.8 Å². The maximum atomic E-state index is 12.6. The number of hydrogen-bond acceptors (Lipinski definition) is 7. The molecule has 164 valence electrons. The van der Waals surface area contributed by atoms with Crippen LogP contribution in [0.5, 0.6) is 0 Å². The summed E-state index contributed by atoms with van der Waals surface area (Å²) in [5.41, 5.74) is 1.99. The van der Waals surface area contributed by atoms with Gasteiger partial charge >= 0.3 is 5.69 Å². The van der Waals surface area contributed by atoms with Crippen molar-refractivity contribution in [2.75, 3.05) is 0 Å². The summed E-state index contributed by atoms with van der Waals surface area (Å²) in [6.45, 7) is 9.20. The molecule has 0 aliphatic carbocycles. The molecule has 1 N–H and O–H groups in total. The Balaban J connectivity index is 1.77. The molecule has 31 heavy (non-hydrogen) atoms. The van der Waals surface area contributed by atoms with Crippen molar-refractivity contribution >= 4 is 28.7 Å². The van der Waals surface area contributed by atoms with Crippen LogP contribution in [0.4, 0.5) is 0 Å². The lowest BCUT2D eigenvalue weighted by atomic mass is 10.3. The van der Waals surface area contributed by atoms with Crippen molar-refractivity contribution in [2.24, 2.45) is 0 Å². The van der Waals surface area contributed by atoms with E-state index in [0.717, 1.165) is 36.5 Å². The van der Waals surface area contributed by atoms with E-state index in [-0.39, 0.29) is 0 Å². The fourth-order valence-electron chi connectivity index (χ4n) is 3.74. The summed E-state index contributed by atoms with van der Waals surface area (Å²) in [5, 5.41) is 9.18. The molecule has 0 bridgehead atoms. The molecule has 10 nitrogen and oxygen atoms in total. The number of imidazole rings is 1. The first-order valence-electron chi connectivity index (χ1n) is 10.5. The zero-order chi connectivity index (χ0) is 22.1. The third-order valence-electron chi connectivity index (χ3n) is 5.14. The third-order valence-corrected chi connectivity index (χ3v) is 6.07. The zero-order valence-electron chi connectivity index (χ0n) is 18.2. The highest BCUT2D eigenvalue weighted by atomic mass is 32.2. The lowest BCUT2D eigenvalue weighted by Gasteiger charge is -2.08. The maximum Gasteiger partial charge on any atom is 0.330 e. The van der Waals surface area contributed by atoms with E-state index in [0.29, 0.717) is 40.9 Å². The molecule has 0 aliphatic heterocycles. The summed E-state index contributed by atoms with van der Waals surface area (Å²) in [5.74, 6) is 1.79. The molecule has 0 unspecified atom stereocenters. The van der Waals surface area contributed by atoms with Crippen LogP contribution in [0.1, 0.15) is 50.3 Å². The summed E-state index contributed by atoms with van der Waals surface area (Å²) in [6.07, 6.45) is 2.62. The Bertz CT molecular complexity index is 1360. The Morgan fingerprint density at radius 3 is 2.58 bits per heavy atom. The molecule has 4 heterocycles. The minimum atomic E-state index is -0.410. The number of rotatable bonds is 8. The Kier molecular flexibility index (Phi) is 5.94. The van der Waals surface area contributed by atoms with Crippen LogP contribution in [0.25, 0.3) is 16.9 Å². The minimum absolute atomic E-state index is 0.395. The van der Waals surface area contributed by atoms with Crippen LogP contribution in [-0.2, 0) is 18.8 Å². The van der Waals surface area contributed by atoms with Gasteiger partial charge in [0.05, 0.1) is 5.75 Å². The third kappa shape index (κ3) is 3.89. The molecular formula is C20H26N8O2S. The number of aromatic nitrogens is 8. The molecule has 0 aromatic carbocycles. The van der Waals surface area contributed by atoms with Crippen LogP contribution in [0.3, 0.4) is 0 Å². The number of thioether (sulfide) groups is 1. The van der Waals surface area contributed by atoms with Crippen molar-refractivity contribution in [3.8, 4) is 0 Å². The smallest absolute Gasteiger partial charge is 0.321 e. The van der Waals surface area contributed by atoms with Crippen molar-refractivity contribution in [3.63, 3.8) is 0 Å². The Morgan fingerprint density at radius 2 is 1.84 bits per heavy atom. The lowest BCUT2D eigenvalue weighted by Crippen LogP contribution is -2.31. The van der Waals surface area contributed by atoms with E-state index >= 15 is 0 Å². The zero-order valence-corrected chi connectivity index (χ0v) is 19.0. The number of nitrogens with one attached hydrogen (secondary N) is 1. The van der Waals surface area contributed by atoms with E-state index < -0.39 is 11.2 Å². The van der Waals surface area contributed by atoms with Crippen LogP contribution < -0.4 is 11.2 Å². The molecule has 4 rings (SSSR count). The molecule has 4 aromatic heterocycles. The Hall–Kier alpha value is -2.95. The Labute approximate surface area is 182 Å². The van der Waals surface area contributed by atoms with Crippen LogP contribution in [0, 0.1) is 13.8 Å². The number of fused-ring (bicyclic) bond motifs is 2. The number of unbranched alkanes of at least 4 members (excludes halogenated alkanes) is 1. The fraction of sp³-hybridized carbons (Fsp3) is 0.500. The second-order valence-electron chi connectivity index (χ2n) is 7.56. The van der Waals surface area contributed by atoms with Gasteiger partial charge in [-0.15, -0.1) is 10.2 Å². The van der Waals surface area contributed by atoms with E-state index in [9.17, 15) is 9.59 Å². The van der Waals surface area contributed by atoms with Crippen LogP contribution in [0.2, 0.25) is 0 Å². The van der Waals surface area contributed by atoms with E-state index in [4.69, 9.17) is 4.98 Å². The molecule has 0 radical (unpaired) electrons. The van der Waals surface area contributed by atoms with Gasteiger partial charge in [-0.1, -0.05) is 32.0 Å². The van der Waals surface area contributed by atoms with Gasteiger partial charge in [-0.25, -0.2) is 14.8 Å². The average Bonchev–Trinajstić information content (AvgIpc) is 3.28. The quantitative estimate of drug-likeness (QED) is 0.417. The van der Waals surface area contributed by atoms with Crippen molar-refractivity contribution < 1.29 is 0 Å². The highest BCUT2D eigenvalue weighted by Gasteiger charge is 2.19. The molecule has 0 fully saturated rings. The van der Waals surface area contributed by atoms with Gasteiger partial charge in [-0.3, -0.25) is 18.7 Å². The highest BCUT2D eigenvalue weighted by molar-refractivity contribution is 7.98. The summed E-state index contributed by atoms with van der Waals surface area (Å²) in [6, 6.07) is 1.98. The maximum absolute atomic E-state index is 12.6. The second-order valence-corrected chi connectivity index (χ2v) is 8.50. The largest absolute Gasteiger partial charge is 0.330 e. The summed E-state index contributed by atoms with van der Waals surface area (Å²) >= 11 is 1.49. The first kappa shape index (κ1) is 21.3. The molecule has 0 saturated heterocycles. The van der Waals surface area contributed by atoms with Crippen LogP contribution >= 0.6 is 11.8 Å². The monoisotopic (exact) mass is 442 g/mol. The summed E-state index contributed by atoms with van der Waals surface area (Å²) in [7, 11) is 0. The van der Waals surface area contributed by atoms with Gasteiger partial charge in [0.25, 0.3) is 11.3 Å². The van der Waals surface area contributed by atoms with Gasteiger partial charge in [0.1, 0.15) is 5.82 Å². The van der Waals surface area contributed by atoms with Crippen molar-refractivity contribution in [1.82, 2.24) is 38.7 Å². The van der Waals surface area contributed by atoms with E-state index in [1.807, 2.05) is 35.8 Å². The highest BCUT2D eigenvalue weighted by Crippen LogP contribution is 2.24. The number of nitrogens with zero attached hydrogens (tertiary/aromatic N) is 7. The number of aryl methyl sites for hydroxylation is 4. The Morgan fingerprint density at radius 1 is 1.03 bits per heavy atom. The van der Waals surface area contributed by atoms with Crippen molar-refractivity contribution in [2.45, 2.75) is 71.0 Å². The van der Waals surface area contributed by atoms with Gasteiger partial charge in [0.2, 0.25) is 0 Å². The molecule has 0 spiro atoms. The molecule has 0 aliphatic rings. The summed E-state index contributed by atoms with van der Waals surface area (Å²) < 4.78 is 5.40. The molecule has 0 saturated carbocycles. The van der Waals surface area contributed by atoms with Gasteiger partial charge in [0.15, 0.2) is 16.3 Å². The van der Waals surface area contributed by atoms with Crippen molar-refractivity contribution in [1.29, 1.82) is 0 Å². The fourth-order valence-corrected chi connectivity index (χ4v) is 4.67. The predicted molar refractivity (Wildman–Crippen MR) is 120 cm³/mol. The van der Waals surface area contributed by atoms with Gasteiger partial charge in [0, 0.05) is 24.5 Å². The lowest BCUT2D eigenvalue weighted by molar-refractivity contribution is 0.612. The van der Waals surface area contributed by atoms with Crippen LogP contribution in [-0.4, -0.2) is 38.7 Å². The number of H-pyrrole nitrogens is 1. The van der Waals surface area contributed by atoms with E-state index in [2.05, 4.69) is 27.1 Å². The first-order valence-corrected chi connectivity index (χ1v) is 11.5. The van der Waals surface area contributed by atoms with Gasteiger partial charge < -0.3 is 4.57 Å². The molecule has 0 amide bonds. The van der Waals surface area contributed by atoms with E-state index in [1.165, 1.54) is 11.8 Å². The normalized spacial score (nSPS) is 11.7. The standard InChI is InChI=1S/C20H26N8O2S/c1-5-7-9-27-16-15(17(29)23-19(27)30)26(8-6-2)14(22-16)11-31-20-25-24-18-21-12(3)10-13(4)28(18)20/h10H,5-9,11H2,1-4H3,(H,23,29,30). The first-order chi connectivity index (χ1) is 14.9. The second kappa shape index (κ2) is 8.66. The molecule has 11 heteroatoms. The minimum Gasteiger partial charge on any atom is -0.321 e. The molecular weight excluding hydrogens is 416 g/mol. The SMILES string of the molecule is CCCCn1c(=O)[nH]c(=O)c2c1nc(CSc1nnc3nc(C)cc(C)n13)n2CCC. The topological polar surface area (TPSA) is 116 Å².